The van der Waals surface area contributed by atoms with Crippen LogP contribution in [-0.2, 0) is 21.2 Å². The number of nitrogens with one attached hydrogen (secondary N) is 1. The third-order valence-electron chi connectivity index (χ3n) is 4.16. The zero-order chi connectivity index (χ0) is 17.9. The maximum absolute atomic E-state index is 13.7. The van der Waals surface area contributed by atoms with Crippen LogP contribution in [0.5, 0.6) is 0 Å². The van der Waals surface area contributed by atoms with Gasteiger partial charge in [0.2, 0.25) is 5.91 Å². The molecule has 0 saturated carbocycles. The molecule has 6 nitrogen and oxygen atoms in total. The second kappa shape index (κ2) is 7.37. The van der Waals surface area contributed by atoms with Crippen molar-refractivity contribution in [1.82, 2.24) is 4.90 Å². The molecular weight excluding hydrogens is 347 g/mol. The Labute approximate surface area is 145 Å². The molecule has 25 heavy (non-hydrogen) atoms. The van der Waals surface area contributed by atoms with Crippen molar-refractivity contribution in [3.8, 4) is 0 Å². The lowest BCUT2D eigenvalue weighted by Crippen LogP contribution is -2.41. The zero-order valence-corrected chi connectivity index (χ0v) is 14.3. The molecule has 0 radical (unpaired) electrons. The van der Waals surface area contributed by atoms with Crippen molar-refractivity contribution in [2.75, 3.05) is 23.4 Å². The Morgan fingerprint density at radius 1 is 1.28 bits per heavy atom. The van der Waals surface area contributed by atoms with Gasteiger partial charge in [0.05, 0.1) is 36.5 Å². The Balaban J connectivity index is 1.70. The fourth-order valence-electron chi connectivity index (χ4n) is 2.92. The van der Waals surface area contributed by atoms with Gasteiger partial charge in [0.1, 0.15) is 11.6 Å². The molecule has 1 aliphatic heterocycles. The van der Waals surface area contributed by atoms with Crippen LogP contribution in [0.15, 0.2) is 47.1 Å². The van der Waals surface area contributed by atoms with E-state index in [9.17, 15) is 17.6 Å². The molecule has 0 bridgehead atoms. The van der Waals surface area contributed by atoms with Crippen molar-refractivity contribution >= 4 is 21.4 Å². The highest BCUT2D eigenvalue weighted by Gasteiger charge is 2.33. The topological polar surface area (TPSA) is 79.6 Å². The molecule has 1 saturated heterocycles. The number of carbonyl (C=O) groups excluding carboxylic acids is 1. The summed E-state index contributed by atoms with van der Waals surface area (Å²) in [4.78, 5) is 14.1. The van der Waals surface area contributed by atoms with Gasteiger partial charge in [-0.05, 0) is 30.7 Å². The number of para-hydroxylation sites is 1. The first kappa shape index (κ1) is 17.6. The van der Waals surface area contributed by atoms with Crippen molar-refractivity contribution < 1.29 is 22.0 Å². The Morgan fingerprint density at radius 2 is 2.08 bits per heavy atom. The number of nitrogens with zero attached hydrogens (tertiary/aromatic N) is 1. The highest BCUT2D eigenvalue weighted by Crippen LogP contribution is 2.20. The number of benzene rings is 1. The number of anilines is 1. The molecular formula is C17H19FN2O4S. The monoisotopic (exact) mass is 366 g/mol. The first-order chi connectivity index (χ1) is 11.9. The quantitative estimate of drug-likeness (QED) is 0.846. The highest BCUT2D eigenvalue weighted by molar-refractivity contribution is 7.91. The van der Waals surface area contributed by atoms with E-state index in [1.54, 1.807) is 23.1 Å². The van der Waals surface area contributed by atoms with E-state index in [4.69, 9.17) is 4.42 Å². The van der Waals surface area contributed by atoms with Crippen LogP contribution in [0.3, 0.4) is 0 Å². The number of sulfone groups is 1. The minimum Gasteiger partial charge on any atom is -0.468 e. The Bertz CT molecular complexity index is 836. The van der Waals surface area contributed by atoms with E-state index < -0.39 is 21.6 Å². The third-order valence-corrected chi connectivity index (χ3v) is 5.91. The molecule has 2 heterocycles. The van der Waals surface area contributed by atoms with E-state index in [0.717, 1.165) is 0 Å². The summed E-state index contributed by atoms with van der Waals surface area (Å²) in [6.07, 6.45) is 1.99. The van der Waals surface area contributed by atoms with Crippen LogP contribution in [0.4, 0.5) is 10.1 Å². The van der Waals surface area contributed by atoms with Crippen molar-refractivity contribution in [2.45, 2.75) is 19.0 Å². The van der Waals surface area contributed by atoms with Crippen LogP contribution in [0.2, 0.25) is 0 Å². The van der Waals surface area contributed by atoms with E-state index in [-0.39, 0.29) is 29.8 Å². The number of hydrogen-bond acceptors (Lipinski definition) is 5. The summed E-state index contributed by atoms with van der Waals surface area (Å²) in [5, 5.41) is 2.53. The molecule has 1 amide bonds. The van der Waals surface area contributed by atoms with E-state index in [0.29, 0.717) is 18.7 Å². The van der Waals surface area contributed by atoms with Crippen molar-refractivity contribution in [1.29, 1.82) is 0 Å². The fraction of sp³-hybridized carbons (Fsp3) is 0.353. The Kier molecular flexibility index (Phi) is 5.19. The van der Waals surface area contributed by atoms with Crippen molar-refractivity contribution in [3.63, 3.8) is 0 Å². The van der Waals surface area contributed by atoms with Gasteiger partial charge < -0.3 is 9.73 Å². The summed E-state index contributed by atoms with van der Waals surface area (Å²) in [5.74, 6) is -0.150. The van der Waals surface area contributed by atoms with E-state index in [1.165, 1.54) is 24.5 Å². The maximum Gasteiger partial charge on any atom is 0.238 e. The van der Waals surface area contributed by atoms with Gasteiger partial charge in [0.15, 0.2) is 9.84 Å². The average Bonchev–Trinajstić information content (AvgIpc) is 3.18. The lowest BCUT2D eigenvalue weighted by Gasteiger charge is -2.26. The standard InChI is InChI=1S/C17H19FN2O4S/c18-15-5-1-2-6-16(15)19-17(21)11-20(10-14-4-3-8-24-14)13-7-9-25(22,23)12-13/h1-6,8,13H,7,9-12H2,(H,19,21)/t13-/m1/s1. The number of furan rings is 1. The van der Waals surface area contributed by atoms with E-state index in [2.05, 4.69) is 5.32 Å². The summed E-state index contributed by atoms with van der Waals surface area (Å²) in [5.41, 5.74) is 0.101. The molecule has 1 aliphatic rings. The van der Waals surface area contributed by atoms with Crippen molar-refractivity contribution in [3.05, 3.63) is 54.2 Å². The lowest BCUT2D eigenvalue weighted by molar-refractivity contribution is -0.118. The molecule has 0 aliphatic carbocycles. The SMILES string of the molecule is O=C(CN(Cc1ccco1)[C@@H]1CCS(=O)(=O)C1)Nc1ccccc1F. The van der Waals surface area contributed by atoms with Gasteiger partial charge in [-0.25, -0.2) is 12.8 Å². The number of carbonyl (C=O) groups is 1. The first-order valence-electron chi connectivity index (χ1n) is 7.94. The summed E-state index contributed by atoms with van der Waals surface area (Å²) < 4.78 is 42.5. The summed E-state index contributed by atoms with van der Waals surface area (Å²) in [7, 11) is -3.08. The number of rotatable bonds is 6. The third kappa shape index (κ3) is 4.67. The largest absolute Gasteiger partial charge is 0.468 e. The second-order valence-corrected chi connectivity index (χ2v) is 8.30. The molecule has 1 aromatic carbocycles. The van der Waals surface area contributed by atoms with Gasteiger partial charge in [-0.1, -0.05) is 12.1 Å². The lowest BCUT2D eigenvalue weighted by atomic mass is 10.2. The van der Waals surface area contributed by atoms with Gasteiger partial charge in [0.25, 0.3) is 0 Å². The van der Waals surface area contributed by atoms with Gasteiger partial charge >= 0.3 is 0 Å². The molecule has 134 valence electrons. The first-order valence-corrected chi connectivity index (χ1v) is 9.76. The molecule has 2 aromatic rings. The Hall–Kier alpha value is -2.19. The number of hydrogen-bond donors (Lipinski definition) is 1. The predicted octanol–water partition coefficient (Wildman–Crippen LogP) is 2.05. The summed E-state index contributed by atoms with van der Waals surface area (Å²) in [6, 6.07) is 9.15. The molecule has 1 N–H and O–H groups in total. The van der Waals surface area contributed by atoms with Crippen LogP contribution < -0.4 is 5.32 Å². The molecule has 0 unspecified atom stereocenters. The smallest absolute Gasteiger partial charge is 0.238 e. The van der Waals surface area contributed by atoms with Crippen LogP contribution in [-0.4, -0.2) is 43.3 Å². The van der Waals surface area contributed by atoms with Gasteiger partial charge in [-0.2, -0.15) is 0 Å². The van der Waals surface area contributed by atoms with Crippen LogP contribution in [0.1, 0.15) is 12.2 Å². The average molecular weight is 366 g/mol. The number of amides is 1. The van der Waals surface area contributed by atoms with Gasteiger partial charge in [0, 0.05) is 6.04 Å². The zero-order valence-electron chi connectivity index (χ0n) is 13.5. The number of halogens is 1. The molecule has 0 spiro atoms. The molecule has 1 fully saturated rings. The molecule has 8 heteroatoms. The summed E-state index contributed by atoms with van der Waals surface area (Å²) in [6.45, 7) is 0.271. The fourth-order valence-corrected chi connectivity index (χ4v) is 4.68. The molecule has 3 rings (SSSR count). The normalized spacial score (nSPS) is 19.2. The maximum atomic E-state index is 13.7. The van der Waals surface area contributed by atoms with E-state index in [1.807, 2.05) is 0 Å². The van der Waals surface area contributed by atoms with Crippen LogP contribution >= 0.6 is 0 Å². The minimum atomic E-state index is -3.08. The summed E-state index contributed by atoms with van der Waals surface area (Å²) >= 11 is 0. The molecule has 1 aromatic heterocycles. The van der Waals surface area contributed by atoms with Crippen molar-refractivity contribution in [2.24, 2.45) is 0 Å². The van der Waals surface area contributed by atoms with Gasteiger partial charge in [-0.15, -0.1) is 0 Å². The Morgan fingerprint density at radius 3 is 2.72 bits per heavy atom. The van der Waals surface area contributed by atoms with Gasteiger partial charge in [-0.3, -0.25) is 9.69 Å². The second-order valence-electron chi connectivity index (χ2n) is 6.07. The molecule has 1 atom stereocenters. The highest BCUT2D eigenvalue weighted by atomic mass is 32.2. The minimum absolute atomic E-state index is 0.0146. The van der Waals surface area contributed by atoms with E-state index >= 15 is 0 Å². The van der Waals surface area contributed by atoms with Crippen LogP contribution in [0, 0.1) is 5.82 Å². The van der Waals surface area contributed by atoms with Crippen LogP contribution in [0.25, 0.3) is 0 Å². The predicted molar refractivity (Wildman–Crippen MR) is 91.2 cm³/mol.